The molecular formula is C7H11NOS. The van der Waals surface area contributed by atoms with Crippen LogP contribution in [0.5, 0.6) is 0 Å². The smallest absolute Gasteiger partial charge is 0.0552 e. The Bertz CT molecular complexity index is 197. The molecule has 1 aromatic heterocycles. The van der Waals surface area contributed by atoms with Crippen molar-refractivity contribution >= 4 is 11.3 Å². The number of rotatable bonds is 3. The van der Waals surface area contributed by atoms with Crippen LogP contribution in [0.2, 0.25) is 0 Å². The van der Waals surface area contributed by atoms with Crippen molar-refractivity contribution in [3.8, 4) is 0 Å². The Hall–Kier alpha value is -0.380. The first-order chi connectivity index (χ1) is 4.86. The second kappa shape index (κ2) is 3.71. The first-order valence-electron chi connectivity index (χ1n) is 3.31. The Morgan fingerprint density at radius 2 is 2.20 bits per heavy atom. The van der Waals surface area contributed by atoms with Gasteiger partial charge in [0.2, 0.25) is 0 Å². The van der Waals surface area contributed by atoms with Crippen molar-refractivity contribution in [2.24, 2.45) is 0 Å². The van der Waals surface area contributed by atoms with Gasteiger partial charge < -0.3 is 5.21 Å². The summed E-state index contributed by atoms with van der Waals surface area (Å²) in [6.45, 7) is 2.69. The van der Waals surface area contributed by atoms with Crippen LogP contribution in [0, 0.1) is 0 Å². The van der Waals surface area contributed by atoms with Gasteiger partial charge in [-0.3, -0.25) is 0 Å². The van der Waals surface area contributed by atoms with Crippen LogP contribution in [0.15, 0.2) is 12.1 Å². The van der Waals surface area contributed by atoms with Gasteiger partial charge in [-0.15, -0.1) is 11.3 Å². The molecule has 0 aliphatic heterocycles. The molecule has 10 heavy (non-hydrogen) atoms. The van der Waals surface area contributed by atoms with Gasteiger partial charge in [-0.1, -0.05) is 6.92 Å². The molecule has 3 heteroatoms. The molecule has 0 saturated heterocycles. The molecule has 0 atom stereocenters. The van der Waals surface area contributed by atoms with Gasteiger partial charge in [-0.2, -0.15) is 0 Å². The Morgan fingerprint density at radius 3 is 2.70 bits per heavy atom. The maximum atomic E-state index is 8.36. The van der Waals surface area contributed by atoms with Crippen LogP contribution >= 0.6 is 11.3 Å². The topological polar surface area (TPSA) is 32.3 Å². The Morgan fingerprint density at radius 1 is 1.50 bits per heavy atom. The molecule has 0 aliphatic carbocycles. The molecule has 0 aliphatic rings. The lowest BCUT2D eigenvalue weighted by Gasteiger charge is -1.90. The van der Waals surface area contributed by atoms with Crippen LogP contribution in [-0.2, 0) is 13.0 Å². The van der Waals surface area contributed by atoms with E-state index in [1.807, 2.05) is 6.07 Å². The largest absolute Gasteiger partial charge is 0.316 e. The number of nitrogens with one attached hydrogen (secondary N) is 1. The molecule has 1 rings (SSSR count). The minimum atomic E-state index is 0.560. The number of hydroxylamine groups is 1. The summed E-state index contributed by atoms with van der Waals surface area (Å²) < 4.78 is 0. The predicted octanol–water partition coefficient (Wildman–Crippen LogP) is 1.79. The van der Waals surface area contributed by atoms with Crippen LogP contribution < -0.4 is 5.48 Å². The van der Waals surface area contributed by atoms with Crippen molar-refractivity contribution in [2.75, 3.05) is 0 Å². The van der Waals surface area contributed by atoms with Crippen molar-refractivity contribution in [1.82, 2.24) is 5.48 Å². The third kappa shape index (κ3) is 1.80. The van der Waals surface area contributed by atoms with Gasteiger partial charge >= 0.3 is 0 Å². The zero-order valence-corrected chi connectivity index (χ0v) is 6.74. The van der Waals surface area contributed by atoms with Crippen molar-refractivity contribution in [1.29, 1.82) is 0 Å². The second-order valence-corrected chi connectivity index (χ2v) is 3.31. The van der Waals surface area contributed by atoms with Crippen LogP contribution in [0.1, 0.15) is 16.7 Å². The molecule has 56 valence electrons. The molecule has 1 heterocycles. The minimum absolute atomic E-state index is 0.560. The second-order valence-electron chi connectivity index (χ2n) is 2.06. The van der Waals surface area contributed by atoms with Crippen LogP contribution in [0.4, 0.5) is 0 Å². The summed E-state index contributed by atoms with van der Waals surface area (Å²) in [6, 6.07) is 4.13. The highest BCUT2D eigenvalue weighted by atomic mass is 32.1. The Labute approximate surface area is 64.5 Å². The molecule has 0 aromatic carbocycles. The van der Waals surface area contributed by atoms with E-state index in [9.17, 15) is 0 Å². The molecular weight excluding hydrogens is 146 g/mol. The molecule has 0 spiro atoms. The fraction of sp³-hybridized carbons (Fsp3) is 0.429. The zero-order valence-electron chi connectivity index (χ0n) is 5.92. The Kier molecular flexibility index (Phi) is 2.86. The third-order valence-electron chi connectivity index (χ3n) is 1.32. The highest BCUT2D eigenvalue weighted by molar-refractivity contribution is 7.11. The van der Waals surface area contributed by atoms with Gasteiger partial charge in [0.1, 0.15) is 0 Å². The van der Waals surface area contributed by atoms with E-state index in [1.165, 1.54) is 9.75 Å². The van der Waals surface area contributed by atoms with Crippen molar-refractivity contribution in [3.63, 3.8) is 0 Å². The summed E-state index contributed by atoms with van der Waals surface area (Å²) >= 11 is 1.73. The SMILES string of the molecule is CCc1ccc(CNO)s1. The highest BCUT2D eigenvalue weighted by Gasteiger charge is 1.95. The van der Waals surface area contributed by atoms with Crippen LogP contribution in [0.3, 0.4) is 0 Å². The summed E-state index contributed by atoms with van der Waals surface area (Å²) in [4.78, 5) is 2.55. The quantitative estimate of drug-likeness (QED) is 0.656. The normalized spacial score (nSPS) is 10.2. The molecule has 0 fully saturated rings. The molecule has 0 unspecified atom stereocenters. The van der Waals surface area contributed by atoms with Gasteiger partial charge in [0.05, 0.1) is 6.54 Å². The van der Waals surface area contributed by atoms with Gasteiger partial charge in [0.25, 0.3) is 0 Å². The summed E-state index contributed by atoms with van der Waals surface area (Å²) in [6.07, 6.45) is 1.08. The number of thiophene rings is 1. The van der Waals surface area contributed by atoms with Gasteiger partial charge in [0.15, 0.2) is 0 Å². The van der Waals surface area contributed by atoms with E-state index < -0.39 is 0 Å². The molecule has 2 nitrogen and oxygen atoms in total. The predicted molar refractivity (Wildman–Crippen MR) is 42.3 cm³/mol. The fourth-order valence-corrected chi connectivity index (χ4v) is 1.68. The molecule has 1 aromatic rings. The van der Waals surface area contributed by atoms with E-state index in [0.29, 0.717) is 6.54 Å². The first-order valence-corrected chi connectivity index (χ1v) is 4.13. The van der Waals surface area contributed by atoms with E-state index in [0.717, 1.165) is 6.42 Å². The monoisotopic (exact) mass is 157 g/mol. The van der Waals surface area contributed by atoms with Crippen molar-refractivity contribution in [3.05, 3.63) is 21.9 Å². The summed E-state index contributed by atoms with van der Waals surface area (Å²) in [5, 5.41) is 8.36. The average molecular weight is 157 g/mol. The van der Waals surface area contributed by atoms with Gasteiger partial charge in [-0.25, -0.2) is 5.48 Å². The third-order valence-corrected chi connectivity index (χ3v) is 2.55. The van der Waals surface area contributed by atoms with E-state index in [1.54, 1.807) is 11.3 Å². The minimum Gasteiger partial charge on any atom is -0.316 e. The lowest BCUT2D eigenvalue weighted by molar-refractivity contribution is 0.162. The Balaban J connectivity index is 2.59. The van der Waals surface area contributed by atoms with E-state index in [4.69, 9.17) is 5.21 Å². The van der Waals surface area contributed by atoms with E-state index in [-0.39, 0.29) is 0 Å². The molecule has 0 saturated carbocycles. The van der Waals surface area contributed by atoms with Gasteiger partial charge in [0, 0.05) is 9.75 Å². The van der Waals surface area contributed by atoms with Gasteiger partial charge in [-0.05, 0) is 18.6 Å². The standard InChI is InChI=1S/C7H11NOS/c1-2-6-3-4-7(10-6)5-8-9/h3-4,8-9H,2,5H2,1H3. The van der Waals surface area contributed by atoms with Crippen molar-refractivity contribution in [2.45, 2.75) is 19.9 Å². The lowest BCUT2D eigenvalue weighted by Crippen LogP contribution is -2.03. The van der Waals surface area contributed by atoms with E-state index >= 15 is 0 Å². The molecule has 0 radical (unpaired) electrons. The fourth-order valence-electron chi connectivity index (χ4n) is 0.785. The first kappa shape index (κ1) is 7.72. The maximum Gasteiger partial charge on any atom is 0.0552 e. The zero-order chi connectivity index (χ0) is 7.40. The number of hydrogen-bond acceptors (Lipinski definition) is 3. The number of hydrogen-bond donors (Lipinski definition) is 2. The summed E-state index contributed by atoms with van der Waals surface area (Å²) in [7, 11) is 0. The van der Waals surface area contributed by atoms with E-state index in [2.05, 4.69) is 18.5 Å². The van der Waals surface area contributed by atoms with Crippen LogP contribution in [0.25, 0.3) is 0 Å². The molecule has 2 N–H and O–H groups in total. The molecule has 0 bridgehead atoms. The van der Waals surface area contributed by atoms with Crippen LogP contribution in [-0.4, -0.2) is 5.21 Å². The summed E-state index contributed by atoms with van der Waals surface area (Å²) in [5.74, 6) is 0. The highest BCUT2D eigenvalue weighted by Crippen LogP contribution is 2.15. The molecule has 0 amide bonds. The number of aryl methyl sites for hydroxylation is 1. The average Bonchev–Trinajstić information content (AvgIpc) is 2.37. The maximum absolute atomic E-state index is 8.36. The van der Waals surface area contributed by atoms with Crippen molar-refractivity contribution < 1.29 is 5.21 Å². The summed E-state index contributed by atoms with van der Waals surface area (Å²) in [5.41, 5.74) is 2.13. The lowest BCUT2D eigenvalue weighted by atomic mass is 10.4.